The van der Waals surface area contributed by atoms with Crippen LogP contribution in [-0.2, 0) is 19.1 Å². The molecule has 162 valence electrons. The quantitative estimate of drug-likeness (QED) is 0.788. The third-order valence-electron chi connectivity index (χ3n) is 5.06. The Morgan fingerprint density at radius 2 is 1.63 bits per heavy atom. The minimum atomic E-state index is -0.354. The van der Waals surface area contributed by atoms with E-state index in [1.165, 1.54) is 4.90 Å². The van der Waals surface area contributed by atoms with E-state index >= 15 is 0 Å². The molecule has 1 aromatic rings. The second-order valence-electron chi connectivity index (χ2n) is 7.88. The van der Waals surface area contributed by atoms with Gasteiger partial charge in [-0.15, -0.1) is 0 Å². The number of anilines is 2. The molecule has 2 aliphatic rings. The summed E-state index contributed by atoms with van der Waals surface area (Å²) in [4.78, 5) is 53.8. The standard InChI is InChI=1S/C21H28N4O5/c1-15(2)14-30-21(29)24-11-9-23(10-12-24)19(27)7-8-20(28)25-13-18(26)22-16-5-3-4-6-17(16)25/h3-6,15H,7-14H2,1-2H3,(H,22,26). The molecular weight excluding hydrogens is 388 g/mol. The summed E-state index contributed by atoms with van der Waals surface area (Å²) in [5.41, 5.74) is 1.23. The largest absolute Gasteiger partial charge is 0.449 e. The molecule has 0 spiro atoms. The number of fused-ring (bicyclic) bond motifs is 1. The summed E-state index contributed by atoms with van der Waals surface area (Å²) in [5.74, 6) is -0.379. The molecule has 9 heteroatoms. The molecule has 0 aliphatic carbocycles. The Bertz CT molecular complexity index is 817. The van der Waals surface area contributed by atoms with Crippen LogP contribution in [0.25, 0.3) is 0 Å². The van der Waals surface area contributed by atoms with E-state index in [4.69, 9.17) is 4.74 Å². The molecular formula is C21H28N4O5. The topological polar surface area (TPSA) is 99.3 Å². The fourth-order valence-electron chi connectivity index (χ4n) is 3.43. The first-order valence-electron chi connectivity index (χ1n) is 10.2. The smallest absolute Gasteiger partial charge is 0.409 e. The minimum Gasteiger partial charge on any atom is -0.449 e. The van der Waals surface area contributed by atoms with E-state index in [-0.39, 0.29) is 49.1 Å². The number of piperazine rings is 1. The molecule has 3 rings (SSSR count). The number of nitrogens with zero attached hydrogens (tertiary/aromatic N) is 3. The van der Waals surface area contributed by atoms with Crippen molar-refractivity contribution in [3.8, 4) is 0 Å². The number of hydrogen-bond acceptors (Lipinski definition) is 5. The zero-order valence-corrected chi connectivity index (χ0v) is 17.4. The third-order valence-corrected chi connectivity index (χ3v) is 5.06. The predicted molar refractivity (Wildman–Crippen MR) is 111 cm³/mol. The highest BCUT2D eigenvalue weighted by molar-refractivity contribution is 6.10. The van der Waals surface area contributed by atoms with Crippen LogP contribution >= 0.6 is 0 Å². The lowest BCUT2D eigenvalue weighted by Gasteiger charge is -2.34. The fraction of sp³-hybridized carbons (Fsp3) is 0.524. The average molecular weight is 416 g/mol. The summed E-state index contributed by atoms with van der Waals surface area (Å²) >= 11 is 0. The van der Waals surface area contributed by atoms with E-state index in [1.807, 2.05) is 13.8 Å². The van der Waals surface area contributed by atoms with Gasteiger partial charge in [0.25, 0.3) is 0 Å². The second-order valence-corrected chi connectivity index (χ2v) is 7.88. The van der Waals surface area contributed by atoms with Crippen LogP contribution in [0.15, 0.2) is 24.3 Å². The molecule has 2 aliphatic heterocycles. The van der Waals surface area contributed by atoms with E-state index in [0.717, 1.165) is 0 Å². The highest BCUT2D eigenvalue weighted by Crippen LogP contribution is 2.29. The Morgan fingerprint density at radius 1 is 1.00 bits per heavy atom. The van der Waals surface area contributed by atoms with Gasteiger partial charge in [0, 0.05) is 39.0 Å². The summed E-state index contributed by atoms with van der Waals surface area (Å²) in [5, 5.41) is 2.74. The summed E-state index contributed by atoms with van der Waals surface area (Å²) < 4.78 is 5.22. The van der Waals surface area contributed by atoms with Crippen molar-refractivity contribution >= 4 is 35.2 Å². The van der Waals surface area contributed by atoms with Gasteiger partial charge in [-0.05, 0) is 18.1 Å². The van der Waals surface area contributed by atoms with Gasteiger partial charge in [-0.1, -0.05) is 26.0 Å². The van der Waals surface area contributed by atoms with Gasteiger partial charge >= 0.3 is 6.09 Å². The molecule has 0 bridgehead atoms. The Balaban J connectivity index is 1.47. The van der Waals surface area contributed by atoms with Crippen LogP contribution in [0, 0.1) is 5.92 Å². The summed E-state index contributed by atoms with van der Waals surface area (Å²) in [6.07, 6.45) is -0.262. The Hall–Kier alpha value is -3.10. The first kappa shape index (κ1) is 21.6. The molecule has 0 atom stereocenters. The van der Waals surface area contributed by atoms with Gasteiger partial charge in [-0.2, -0.15) is 0 Å². The highest BCUT2D eigenvalue weighted by atomic mass is 16.6. The average Bonchev–Trinajstić information content (AvgIpc) is 2.75. The van der Waals surface area contributed by atoms with E-state index in [2.05, 4.69) is 5.32 Å². The second kappa shape index (κ2) is 9.60. The zero-order valence-electron chi connectivity index (χ0n) is 17.4. The van der Waals surface area contributed by atoms with Crippen LogP contribution < -0.4 is 10.2 Å². The van der Waals surface area contributed by atoms with Crippen molar-refractivity contribution in [2.24, 2.45) is 5.92 Å². The molecule has 0 aromatic heterocycles. The zero-order chi connectivity index (χ0) is 21.7. The number of para-hydroxylation sites is 2. The molecule has 1 N–H and O–H groups in total. The third kappa shape index (κ3) is 5.28. The van der Waals surface area contributed by atoms with Crippen molar-refractivity contribution in [1.29, 1.82) is 0 Å². The number of rotatable bonds is 5. The summed E-state index contributed by atoms with van der Waals surface area (Å²) in [6.45, 7) is 5.92. The molecule has 0 saturated carbocycles. The van der Waals surface area contributed by atoms with Gasteiger partial charge in [-0.3, -0.25) is 14.4 Å². The first-order chi connectivity index (χ1) is 14.3. The van der Waals surface area contributed by atoms with Crippen LogP contribution in [0.1, 0.15) is 26.7 Å². The predicted octanol–water partition coefficient (Wildman–Crippen LogP) is 1.69. The van der Waals surface area contributed by atoms with Gasteiger partial charge in [0.2, 0.25) is 17.7 Å². The van der Waals surface area contributed by atoms with Crippen molar-refractivity contribution < 1.29 is 23.9 Å². The number of amides is 4. The lowest BCUT2D eigenvalue weighted by molar-refractivity contribution is -0.134. The van der Waals surface area contributed by atoms with Crippen molar-refractivity contribution in [3.05, 3.63) is 24.3 Å². The minimum absolute atomic E-state index is 0.0249. The fourth-order valence-corrected chi connectivity index (χ4v) is 3.43. The molecule has 1 fully saturated rings. The van der Waals surface area contributed by atoms with Crippen molar-refractivity contribution in [1.82, 2.24) is 9.80 Å². The van der Waals surface area contributed by atoms with Gasteiger partial charge in [0.15, 0.2) is 0 Å². The van der Waals surface area contributed by atoms with Crippen LogP contribution in [0.2, 0.25) is 0 Å². The number of carbonyl (C=O) groups excluding carboxylic acids is 4. The Kier molecular flexibility index (Phi) is 6.91. The van der Waals surface area contributed by atoms with E-state index in [1.54, 1.807) is 34.1 Å². The molecule has 4 amide bonds. The summed E-state index contributed by atoms with van der Waals surface area (Å²) in [6, 6.07) is 7.10. The van der Waals surface area contributed by atoms with Crippen molar-refractivity contribution in [3.63, 3.8) is 0 Å². The maximum absolute atomic E-state index is 12.7. The Labute approximate surface area is 175 Å². The lowest BCUT2D eigenvalue weighted by Crippen LogP contribution is -2.51. The van der Waals surface area contributed by atoms with Crippen molar-refractivity contribution in [2.45, 2.75) is 26.7 Å². The molecule has 0 radical (unpaired) electrons. The molecule has 1 saturated heterocycles. The van der Waals surface area contributed by atoms with Gasteiger partial charge < -0.3 is 24.8 Å². The number of carbonyl (C=O) groups is 4. The van der Waals surface area contributed by atoms with E-state index in [9.17, 15) is 19.2 Å². The van der Waals surface area contributed by atoms with Gasteiger partial charge in [-0.25, -0.2) is 4.79 Å². The molecule has 2 heterocycles. The number of hydrogen-bond donors (Lipinski definition) is 1. The highest BCUT2D eigenvalue weighted by Gasteiger charge is 2.29. The van der Waals surface area contributed by atoms with Crippen LogP contribution in [-0.4, -0.2) is 72.9 Å². The number of benzene rings is 1. The summed E-state index contributed by atoms with van der Waals surface area (Å²) in [7, 11) is 0. The SMILES string of the molecule is CC(C)COC(=O)N1CCN(C(=O)CCC(=O)N2CC(=O)Nc3ccccc32)CC1. The van der Waals surface area contributed by atoms with Crippen LogP contribution in [0.4, 0.5) is 16.2 Å². The lowest BCUT2D eigenvalue weighted by atomic mass is 10.1. The molecule has 9 nitrogen and oxygen atoms in total. The Morgan fingerprint density at radius 3 is 2.33 bits per heavy atom. The molecule has 0 unspecified atom stereocenters. The van der Waals surface area contributed by atoms with E-state index < -0.39 is 0 Å². The maximum Gasteiger partial charge on any atom is 0.409 e. The normalized spacial score (nSPS) is 16.2. The molecule has 30 heavy (non-hydrogen) atoms. The number of ether oxygens (including phenoxy) is 1. The maximum atomic E-state index is 12.7. The monoisotopic (exact) mass is 416 g/mol. The number of nitrogens with one attached hydrogen (secondary N) is 1. The molecule has 1 aromatic carbocycles. The van der Waals surface area contributed by atoms with Crippen molar-refractivity contribution in [2.75, 3.05) is 49.5 Å². The van der Waals surface area contributed by atoms with Gasteiger partial charge in [0.1, 0.15) is 6.54 Å². The van der Waals surface area contributed by atoms with Gasteiger partial charge in [0.05, 0.1) is 18.0 Å². The first-order valence-corrected chi connectivity index (χ1v) is 10.2. The van der Waals surface area contributed by atoms with Crippen LogP contribution in [0.5, 0.6) is 0 Å². The van der Waals surface area contributed by atoms with Crippen LogP contribution in [0.3, 0.4) is 0 Å². The van der Waals surface area contributed by atoms with E-state index in [0.29, 0.717) is 44.2 Å².